The molecule has 5 aromatic rings. The van der Waals surface area contributed by atoms with E-state index in [1.54, 1.807) is 60.7 Å². The predicted molar refractivity (Wildman–Crippen MR) is 106 cm³/mol. The monoisotopic (exact) mass is 402 g/mol. The van der Waals surface area contributed by atoms with Gasteiger partial charge in [-0.3, -0.25) is 0 Å². The van der Waals surface area contributed by atoms with Gasteiger partial charge in [0, 0.05) is 0 Å². The number of para-hydroxylation sites is 2. The van der Waals surface area contributed by atoms with E-state index in [1.807, 2.05) is 0 Å². The lowest BCUT2D eigenvalue weighted by Crippen LogP contribution is -2.02. The third-order valence-electron chi connectivity index (χ3n) is 4.52. The Morgan fingerprint density at radius 2 is 0.767 bits per heavy atom. The van der Waals surface area contributed by atoms with Crippen LogP contribution in [0.25, 0.3) is 21.5 Å². The summed E-state index contributed by atoms with van der Waals surface area (Å²) < 4.78 is 21.0. The third-order valence-corrected chi connectivity index (χ3v) is 4.52. The Kier molecular flexibility index (Phi) is 3.85. The highest BCUT2D eigenvalue weighted by Crippen LogP contribution is 2.41. The molecule has 8 nitrogen and oxygen atoms in total. The highest BCUT2D eigenvalue weighted by Gasteiger charge is 2.30. The molecule has 5 rings (SSSR count). The van der Waals surface area contributed by atoms with E-state index in [1.165, 1.54) is 0 Å². The number of ether oxygens (including phenoxy) is 2. The molecule has 0 fully saturated rings. The van der Waals surface area contributed by atoms with Gasteiger partial charge >= 0.3 is 22.5 Å². The van der Waals surface area contributed by atoms with E-state index in [0.717, 1.165) is 0 Å². The average molecular weight is 402 g/mol. The summed E-state index contributed by atoms with van der Waals surface area (Å²) >= 11 is 0. The van der Waals surface area contributed by atoms with E-state index >= 15 is 0 Å². The van der Waals surface area contributed by atoms with E-state index in [-0.39, 0.29) is 44.5 Å². The van der Waals surface area contributed by atoms with Gasteiger partial charge in [-0.05, 0) is 24.3 Å². The van der Waals surface area contributed by atoms with Crippen LogP contribution >= 0.6 is 0 Å². The Morgan fingerprint density at radius 3 is 1.07 bits per heavy atom. The zero-order chi connectivity index (χ0) is 20.8. The molecule has 0 aliphatic heterocycles. The van der Waals surface area contributed by atoms with Gasteiger partial charge in [0.25, 0.3) is 0 Å². The highest BCUT2D eigenvalue weighted by molar-refractivity contribution is 6.10. The molecule has 0 aliphatic carbocycles. The fourth-order valence-electron chi connectivity index (χ4n) is 3.27. The van der Waals surface area contributed by atoms with Crippen LogP contribution in [0.15, 0.2) is 88.7 Å². The molecule has 0 radical (unpaired) electrons. The molecule has 3 aromatic carbocycles. The van der Waals surface area contributed by atoms with Crippen LogP contribution < -0.4 is 32.0 Å². The van der Waals surface area contributed by atoms with E-state index < -0.39 is 22.5 Å². The standard InChI is InChI=1S/C22H10O8/c23-19-13-15(21(25)29-19)18(28-12-9-5-2-6-10-12)16-14(20(24)30-22(16)26)17(13)27-11-7-3-1-4-8-11/h1-10H. The van der Waals surface area contributed by atoms with Crippen molar-refractivity contribution in [2.45, 2.75) is 0 Å². The fraction of sp³-hybridized carbons (Fsp3) is 0. The Morgan fingerprint density at radius 1 is 0.467 bits per heavy atom. The van der Waals surface area contributed by atoms with Crippen LogP contribution in [0.5, 0.6) is 23.0 Å². The minimum absolute atomic E-state index is 0.276. The topological polar surface area (TPSA) is 113 Å². The molecular formula is C22H10O8. The van der Waals surface area contributed by atoms with Crippen molar-refractivity contribution in [3.05, 3.63) is 102 Å². The zero-order valence-corrected chi connectivity index (χ0v) is 15.0. The third kappa shape index (κ3) is 2.62. The number of hydrogen-bond donors (Lipinski definition) is 0. The van der Waals surface area contributed by atoms with Crippen molar-refractivity contribution in [3.63, 3.8) is 0 Å². The minimum atomic E-state index is -1.02. The summed E-state index contributed by atoms with van der Waals surface area (Å²) in [5.74, 6) is -0.0347. The molecule has 0 N–H and O–H groups in total. The summed E-state index contributed by atoms with van der Waals surface area (Å²) in [5.41, 5.74) is -4.08. The number of hydrogen-bond acceptors (Lipinski definition) is 8. The highest BCUT2D eigenvalue weighted by atomic mass is 16.5. The first kappa shape index (κ1) is 17.6. The fourth-order valence-corrected chi connectivity index (χ4v) is 3.27. The maximum Gasteiger partial charge on any atom is 0.350 e. The first-order valence-electron chi connectivity index (χ1n) is 8.77. The molecule has 0 saturated carbocycles. The van der Waals surface area contributed by atoms with Crippen LogP contribution in [-0.2, 0) is 0 Å². The molecule has 0 saturated heterocycles. The van der Waals surface area contributed by atoms with Crippen molar-refractivity contribution >= 4 is 21.5 Å². The molecule has 2 heterocycles. The Hall–Kier alpha value is -4.46. The number of rotatable bonds is 4. The van der Waals surface area contributed by atoms with Crippen molar-refractivity contribution in [3.8, 4) is 23.0 Å². The molecule has 0 aliphatic rings. The van der Waals surface area contributed by atoms with Crippen molar-refractivity contribution in [2.24, 2.45) is 0 Å². The molecule has 0 amide bonds. The summed E-state index contributed by atoms with van der Waals surface area (Å²) in [4.78, 5) is 49.9. The summed E-state index contributed by atoms with van der Waals surface area (Å²) in [5, 5.41) is -1.22. The lowest BCUT2D eigenvalue weighted by atomic mass is 10.1. The second kappa shape index (κ2) is 6.56. The normalized spacial score (nSPS) is 11.2. The van der Waals surface area contributed by atoms with Crippen LogP contribution in [0, 0.1) is 0 Å². The van der Waals surface area contributed by atoms with Crippen molar-refractivity contribution in [1.29, 1.82) is 0 Å². The summed E-state index contributed by atoms with van der Waals surface area (Å²) in [6.07, 6.45) is 0. The number of furan rings is 2. The lowest BCUT2D eigenvalue weighted by molar-refractivity contribution is 0.475. The van der Waals surface area contributed by atoms with Crippen LogP contribution in [0.1, 0.15) is 0 Å². The van der Waals surface area contributed by atoms with Crippen molar-refractivity contribution in [2.75, 3.05) is 0 Å². The number of benzene rings is 3. The van der Waals surface area contributed by atoms with E-state index in [2.05, 4.69) is 0 Å². The summed E-state index contributed by atoms with van der Waals surface area (Å²) in [6, 6.07) is 16.5. The van der Waals surface area contributed by atoms with Crippen LogP contribution in [0.2, 0.25) is 0 Å². The van der Waals surface area contributed by atoms with Gasteiger partial charge < -0.3 is 18.3 Å². The largest absolute Gasteiger partial charge is 0.455 e. The maximum atomic E-state index is 12.5. The maximum absolute atomic E-state index is 12.5. The average Bonchev–Trinajstić information content (AvgIpc) is 3.21. The van der Waals surface area contributed by atoms with Gasteiger partial charge in [-0.1, -0.05) is 36.4 Å². The molecule has 146 valence electrons. The van der Waals surface area contributed by atoms with Crippen LogP contribution in [-0.4, -0.2) is 0 Å². The van der Waals surface area contributed by atoms with Gasteiger partial charge in [-0.15, -0.1) is 0 Å². The van der Waals surface area contributed by atoms with Gasteiger partial charge in [0.15, 0.2) is 11.5 Å². The van der Waals surface area contributed by atoms with E-state index in [4.69, 9.17) is 18.3 Å². The van der Waals surface area contributed by atoms with Crippen LogP contribution in [0.4, 0.5) is 0 Å². The van der Waals surface area contributed by atoms with E-state index in [9.17, 15) is 19.2 Å². The van der Waals surface area contributed by atoms with Gasteiger partial charge in [-0.25, -0.2) is 19.2 Å². The predicted octanol–water partition coefficient (Wildman–Crippen LogP) is 3.08. The first-order valence-corrected chi connectivity index (χ1v) is 8.77. The molecule has 0 atom stereocenters. The molecular weight excluding hydrogens is 392 g/mol. The van der Waals surface area contributed by atoms with Crippen molar-refractivity contribution < 1.29 is 18.3 Å². The SMILES string of the molecule is O=c1oc(=O)c2c(Oc3ccccc3)c3c(=O)oc(=O)c3c(Oc3ccccc3)c12. The second-order valence-corrected chi connectivity index (χ2v) is 6.34. The first-order chi connectivity index (χ1) is 14.5. The minimum Gasteiger partial charge on any atom is -0.455 e. The zero-order valence-electron chi connectivity index (χ0n) is 15.0. The molecule has 8 heteroatoms. The molecule has 0 bridgehead atoms. The van der Waals surface area contributed by atoms with Gasteiger partial charge in [0.1, 0.15) is 33.0 Å². The molecule has 0 spiro atoms. The molecule has 0 unspecified atom stereocenters. The van der Waals surface area contributed by atoms with E-state index in [0.29, 0.717) is 0 Å². The smallest absolute Gasteiger partial charge is 0.350 e. The Balaban J connectivity index is 1.93. The van der Waals surface area contributed by atoms with Gasteiger partial charge in [0.05, 0.1) is 0 Å². The second-order valence-electron chi connectivity index (χ2n) is 6.34. The lowest BCUT2D eigenvalue weighted by Gasteiger charge is -2.11. The molecule has 2 aromatic heterocycles. The quantitative estimate of drug-likeness (QED) is 0.451. The molecule has 30 heavy (non-hydrogen) atoms. The summed E-state index contributed by atoms with van der Waals surface area (Å²) in [7, 11) is 0. The Labute approximate surface area is 165 Å². The summed E-state index contributed by atoms with van der Waals surface area (Å²) in [6.45, 7) is 0. The van der Waals surface area contributed by atoms with Gasteiger partial charge in [-0.2, -0.15) is 0 Å². The van der Waals surface area contributed by atoms with Crippen LogP contribution in [0.3, 0.4) is 0 Å². The van der Waals surface area contributed by atoms with Gasteiger partial charge in [0.2, 0.25) is 0 Å². The Bertz CT molecular complexity index is 1400. The number of fused-ring (bicyclic) bond motifs is 2. The van der Waals surface area contributed by atoms with Crippen molar-refractivity contribution in [1.82, 2.24) is 0 Å².